The van der Waals surface area contributed by atoms with Crippen molar-refractivity contribution in [3.05, 3.63) is 23.9 Å². The molecule has 0 amide bonds. The molecule has 1 aromatic heterocycles. The topological polar surface area (TPSA) is 19.4 Å². The normalized spacial score (nSPS) is 20.9. The van der Waals surface area contributed by atoms with Gasteiger partial charge in [0.2, 0.25) is 0 Å². The average molecular weight is 247 g/mol. The van der Waals surface area contributed by atoms with E-state index in [0.29, 0.717) is 6.04 Å². The highest BCUT2D eigenvalue weighted by Crippen LogP contribution is 2.34. The summed E-state index contributed by atoms with van der Waals surface area (Å²) in [7, 11) is 2.13. The molecule has 0 radical (unpaired) electrons. The van der Waals surface area contributed by atoms with Gasteiger partial charge < -0.3 is 4.90 Å². The summed E-state index contributed by atoms with van der Waals surface area (Å²) in [5, 5.41) is 0. The van der Waals surface area contributed by atoms with Crippen molar-refractivity contribution in [2.24, 2.45) is 0 Å². The number of anilines is 1. The molecule has 0 N–H and O–H groups in total. The van der Waals surface area contributed by atoms with Gasteiger partial charge in [-0.2, -0.15) is 0 Å². The van der Waals surface area contributed by atoms with Crippen LogP contribution < -0.4 is 4.90 Å². The maximum atomic E-state index is 4.59. The molecule has 1 aliphatic rings. The van der Waals surface area contributed by atoms with Crippen molar-refractivity contribution in [2.75, 3.05) is 31.6 Å². The van der Waals surface area contributed by atoms with Crippen LogP contribution in [0.3, 0.4) is 0 Å². The second-order valence-corrected chi connectivity index (χ2v) is 5.07. The highest BCUT2D eigenvalue weighted by Gasteiger charge is 2.25. The largest absolute Gasteiger partial charge is 0.360 e. The molecule has 1 aliphatic heterocycles. The van der Waals surface area contributed by atoms with E-state index < -0.39 is 0 Å². The molecule has 3 nitrogen and oxygen atoms in total. The van der Waals surface area contributed by atoms with Gasteiger partial charge in [-0.3, -0.25) is 4.90 Å². The summed E-state index contributed by atoms with van der Waals surface area (Å²) in [5.74, 6) is 1.16. The first-order chi connectivity index (χ1) is 8.77. The molecular weight excluding hydrogens is 222 g/mol. The van der Waals surface area contributed by atoms with Crippen molar-refractivity contribution in [1.82, 2.24) is 9.88 Å². The minimum Gasteiger partial charge on any atom is -0.360 e. The number of pyridine rings is 1. The maximum absolute atomic E-state index is 4.59. The molecule has 1 aromatic rings. The number of nitrogens with zero attached hydrogens (tertiary/aromatic N) is 3. The monoisotopic (exact) mass is 247 g/mol. The molecule has 3 heteroatoms. The summed E-state index contributed by atoms with van der Waals surface area (Å²) in [6.07, 6.45) is 5.85. The highest BCUT2D eigenvalue weighted by atomic mass is 15.2. The predicted octanol–water partition coefficient (Wildman–Crippen LogP) is 3.08. The van der Waals surface area contributed by atoms with Gasteiger partial charge in [-0.25, -0.2) is 4.98 Å². The molecule has 18 heavy (non-hydrogen) atoms. The fourth-order valence-electron chi connectivity index (χ4n) is 2.86. The fraction of sp³-hybridized carbons (Fsp3) is 0.667. The Morgan fingerprint density at radius 1 is 1.39 bits per heavy atom. The Balaban J connectivity index is 2.30. The van der Waals surface area contributed by atoms with Gasteiger partial charge in [0.25, 0.3) is 0 Å². The molecule has 1 fully saturated rings. The molecule has 100 valence electrons. The van der Waals surface area contributed by atoms with Crippen LogP contribution in [0.5, 0.6) is 0 Å². The third kappa shape index (κ3) is 2.66. The minimum absolute atomic E-state index is 0.557. The molecule has 0 aromatic carbocycles. The summed E-state index contributed by atoms with van der Waals surface area (Å²) >= 11 is 0. The van der Waals surface area contributed by atoms with Gasteiger partial charge in [0.05, 0.1) is 0 Å². The van der Waals surface area contributed by atoms with Gasteiger partial charge in [-0.05, 0) is 38.9 Å². The van der Waals surface area contributed by atoms with Gasteiger partial charge in [0, 0.05) is 31.4 Å². The van der Waals surface area contributed by atoms with Gasteiger partial charge in [0.15, 0.2) is 0 Å². The standard InChI is InChI=1S/C15H25N3/c1-4-17(3)15-13(9-8-11-16-15)14-10-6-7-12-18(14)5-2/h8-9,11,14H,4-7,10,12H2,1-3H3/t14-/m1/s1. The van der Waals surface area contributed by atoms with E-state index in [1.54, 1.807) is 0 Å². The van der Waals surface area contributed by atoms with Crippen molar-refractivity contribution in [3.63, 3.8) is 0 Å². The third-order valence-electron chi connectivity index (χ3n) is 4.03. The van der Waals surface area contributed by atoms with Crippen LogP contribution in [0.25, 0.3) is 0 Å². The van der Waals surface area contributed by atoms with Crippen LogP contribution in [0.2, 0.25) is 0 Å². The Kier molecular flexibility index (Phi) is 4.59. The van der Waals surface area contributed by atoms with Crippen LogP contribution >= 0.6 is 0 Å². The molecule has 0 bridgehead atoms. The van der Waals surface area contributed by atoms with Gasteiger partial charge >= 0.3 is 0 Å². The fourth-order valence-corrected chi connectivity index (χ4v) is 2.86. The Labute approximate surface area is 111 Å². The molecular formula is C15H25N3. The zero-order valence-corrected chi connectivity index (χ0v) is 11.9. The molecule has 0 aliphatic carbocycles. The van der Waals surface area contributed by atoms with E-state index in [1.165, 1.54) is 31.4 Å². The van der Waals surface area contributed by atoms with Gasteiger partial charge in [-0.1, -0.05) is 19.4 Å². The molecule has 1 atom stereocenters. The third-order valence-corrected chi connectivity index (χ3v) is 4.03. The molecule has 2 rings (SSSR count). The summed E-state index contributed by atoms with van der Waals surface area (Å²) in [6, 6.07) is 4.89. The summed E-state index contributed by atoms with van der Waals surface area (Å²) in [6.45, 7) is 7.80. The van der Waals surface area contributed by atoms with Crippen LogP contribution in [0.15, 0.2) is 18.3 Å². The van der Waals surface area contributed by atoms with E-state index in [4.69, 9.17) is 0 Å². The van der Waals surface area contributed by atoms with E-state index in [1.807, 2.05) is 6.20 Å². The van der Waals surface area contributed by atoms with Gasteiger partial charge in [-0.15, -0.1) is 0 Å². The van der Waals surface area contributed by atoms with Crippen molar-refractivity contribution < 1.29 is 0 Å². The molecule has 2 heterocycles. The lowest BCUT2D eigenvalue weighted by Gasteiger charge is -2.36. The number of aromatic nitrogens is 1. The number of hydrogen-bond donors (Lipinski definition) is 0. The second-order valence-electron chi connectivity index (χ2n) is 5.07. The van der Waals surface area contributed by atoms with Crippen LogP contribution in [-0.4, -0.2) is 36.6 Å². The Morgan fingerprint density at radius 3 is 2.94 bits per heavy atom. The van der Waals surface area contributed by atoms with E-state index >= 15 is 0 Å². The zero-order valence-electron chi connectivity index (χ0n) is 11.9. The van der Waals surface area contributed by atoms with Crippen LogP contribution in [0.4, 0.5) is 5.82 Å². The van der Waals surface area contributed by atoms with Crippen LogP contribution in [-0.2, 0) is 0 Å². The second kappa shape index (κ2) is 6.19. The van der Waals surface area contributed by atoms with Crippen molar-refractivity contribution in [3.8, 4) is 0 Å². The van der Waals surface area contributed by atoms with Crippen molar-refractivity contribution in [2.45, 2.75) is 39.2 Å². The number of likely N-dealkylation sites (tertiary alicyclic amines) is 1. The average Bonchev–Trinajstić information content (AvgIpc) is 2.46. The van der Waals surface area contributed by atoms with Gasteiger partial charge in [0.1, 0.15) is 5.82 Å². The smallest absolute Gasteiger partial charge is 0.133 e. The van der Waals surface area contributed by atoms with Crippen molar-refractivity contribution in [1.29, 1.82) is 0 Å². The first kappa shape index (κ1) is 13.3. The Morgan fingerprint density at radius 2 is 2.22 bits per heavy atom. The molecule has 1 saturated heterocycles. The lowest BCUT2D eigenvalue weighted by molar-refractivity contribution is 0.157. The Bertz CT molecular complexity index is 378. The lowest BCUT2D eigenvalue weighted by Crippen LogP contribution is -2.34. The number of hydrogen-bond acceptors (Lipinski definition) is 3. The van der Waals surface area contributed by atoms with Crippen LogP contribution in [0.1, 0.15) is 44.7 Å². The first-order valence-corrected chi connectivity index (χ1v) is 7.18. The molecule has 0 spiro atoms. The van der Waals surface area contributed by atoms with Crippen molar-refractivity contribution >= 4 is 5.82 Å². The van der Waals surface area contributed by atoms with E-state index in [-0.39, 0.29) is 0 Å². The quantitative estimate of drug-likeness (QED) is 0.815. The Hall–Kier alpha value is -1.09. The minimum atomic E-state index is 0.557. The SMILES string of the molecule is CCN(C)c1ncccc1[C@H]1CCCCN1CC. The molecule has 0 unspecified atom stereocenters. The maximum Gasteiger partial charge on any atom is 0.133 e. The van der Waals surface area contributed by atoms with E-state index in [9.17, 15) is 0 Å². The zero-order chi connectivity index (χ0) is 13.0. The highest BCUT2D eigenvalue weighted by molar-refractivity contribution is 5.47. The number of rotatable bonds is 4. The molecule has 0 saturated carbocycles. The van der Waals surface area contributed by atoms with E-state index in [2.05, 4.69) is 47.8 Å². The lowest BCUT2D eigenvalue weighted by atomic mass is 9.95. The first-order valence-electron chi connectivity index (χ1n) is 7.18. The summed E-state index contributed by atoms with van der Waals surface area (Å²) in [4.78, 5) is 9.43. The summed E-state index contributed by atoms with van der Waals surface area (Å²) in [5.41, 5.74) is 1.41. The summed E-state index contributed by atoms with van der Waals surface area (Å²) < 4.78 is 0. The van der Waals surface area contributed by atoms with Crippen LogP contribution in [0, 0.1) is 0 Å². The van der Waals surface area contributed by atoms with E-state index in [0.717, 1.165) is 18.9 Å². The number of piperidine rings is 1. The predicted molar refractivity (Wildman–Crippen MR) is 77.0 cm³/mol.